The molecule has 0 fully saturated rings. The fourth-order valence-corrected chi connectivity index (χ4v) is 1.90. The van der Waals surface area contributed by atoms with Crippen molar-refractivity contribution in [3.8, 4) is 0 Å². The van der Waals surface area contributed by atoms with Gasteiger partial charge in [0.1, 0.15) is 0 Å². The second-order valence-electron chi connectivity index (χ2n) is 3.01. The first-order valence-corrected chi connectivity index (χ1v) is 6.42. The molecule has 0 aromatic heterocycles. The van der Waals surface area contributed by atoms with Crippen molar-refractivity contribution >= 4 is 59.3 Å². The largest absolute Gasteiger partial charge is 2.00 e. The Morgan fingerprint density at radius 1 is 0.769 bits per heavy atom. The summed E-state index contributed by atoms with van der Waals surface area (Å²) in [4.78, 5) is 4.30. The summed E-state index contributed by atoms with van der Waals surface area (Å²) in [7, 11) is 8.27. The van der Waals surface area contributed by atoms with E-state index in [4.69, 9.17) is 0 Å². The van der Waals surface area contributed by atoms with E-state index in [1.54, 1.807) is 0 Å². The minimum absolute atomic E-state index is 0. The molecule has 78 valence electrons. The third-order valence-corrected chi connectivity index (χ3v) is 1.84. The van der Waals surface area contributed by atoms with E-state index in [1.165, 1.54) is 0 Å². The van der Waals surface area contributed by atoms with E-state index in [1.807, 2.05) is 0 Å². The number of hydrogen-bond acceptors (Lipinski definition) is 2. The molecule has 0 aromatic rings. The van der Waals surface area contributed by atoms with Gasteiger partial charge in [0.2, 0.25) is 0 Å². The predicted octanol–water partition coefficient (Wildman–Crippen LogP) is -0.111. The van der Waals surface area contributed by atoms with Crippen molar-refractivity contribution in [2.75, 3.05) is 41.3 Å². The van der Waals surface area contributed by atoms with Crippen LogP contribution in [0.25, 0.3) is 0 Å². The Morgan fingerprint density at radius 2 is 1.00 bits per heavy atom. The van der Waals surface area contributed by atoms with E-state index in [9.17, 15) is 0 Å². The molecule has 0 bridgehead atoms. The molecule has 0 aromatic carbocycles. The topological polar surface area (TPSA) is 6.48 Å². The van der Waals surface area contributed by atoms with Crippen LogP contribution < -0.4 is 0 Å². The Hall–Kier alpha value is 1.88. The van der Waals surface area contributed by atoms with Crippen LogP contribution in [0.4, 0.5) is 0 Å². The Kier molecular flexibility index (Phi) is 25.5. The second kappa shape index (κ2) is 16.3. The summed E-state index contributed by atoms with van der Waals surface area (Å²) in [6.07, 6.45) is 0. The van der Waals surface area contributed by atoms with Crippen LogP contribution in [0.1, 0.15) is 0 Å². The molecule has 0 saturated heterocycles. The van der Waals surface area contributed by atoms with Crippen molar-refractivity contribution in [2.24, 2.45) is 0 Å². The minimum atomic E-state index is 0. The summed E-state index contributed by atoms with van der Waals surface area (Å²) in [5, 5.41) is 2.26. The van der Waals surface area contributed by atoms with Gasteiger partial charge in [0.25, 0.3) is 0 Å². The van der Waals surface area contributed by atoms with E-state index >= 15 is 0 Å². The van der Waals surface area contributed by atoms with Gasteiger partial charge in [-0.05, 0) is 0 Å². The first kappa shape index (κ1) is 20.3. The van der Waals surface area contributed by atoms with Gasteiger partial charge < -0.3 is 0 Å². The molecule has 0 aliphatic carbocycles. The smallest absolute Gasteiger partial charge is 2.00 e. The van der Waals surface area contributed by atoms with Crippen molar-refractivity contribution in [2.45, 2.75) is 10.6 Å². The summed E-state index contributed by atoms with van der Waals surface area (Å²) in [6, 6.07) is 0. The molecule has 2 radical (unpaired) electrons. The molecule has 2 nitrogen and oxygen atoms in total. The van der Waals surface area contributed by atoms with Gasteiger partial charge in [-0.1, -0.05) is 0 Å². The Bertz CT molecular complexity index is 72.5. The standard InChI is InChI=1S/2C4H11NSe.Pb/c2*1-5(2)3-4-6;/h2*6H,3-4H2,1-2H3;/q;;+2/p-2. The molecule has 0 heterocycles. The van der Waals surface area contributed by atoms with E-state index in [2.05, 4.69) is 70.0 Å². The summed E-state index contributed by atoms with van der Waals surface area (Å²) in [5.41, 5.74) is 0. The molecule has 0 spiro atoms. The maximum Gasteiger partial charge on any atom is 2.00 e. The van der Waals surface area contributed by atoms with Crippen LogP contribution in [0, 0.1) is 0 Å². The molecule has 0 saturated carbocycles. The summed E-state index contributed by atoms with van der Waals surface area (Å²) in [6.45, 7) is 2.31. The van der Waals surface area contributed by atoms with Crippen LogP contribution in [0.5, 0.6) is 0 Å². The molecule has 0 aliphatic heterocycles. The molecule has 0 atom stereocenters. The fraction of sp³-hybridized carbons (Fsp3) is 1.00. The van der Waals surface area contributed by atoms with Crippen molar-refractivity contribution in [3.63, 3.8) is 0 Å². The van der Waals surface area contributed by atoms with Crippen LogP contribution in [-0.2, 0) is 0 Å². The molecule has 0 N–H and O–H groups in total. The number of hydrogen-bond donors (Lipinski definition) is 0. The summed E-state index contributed by atoms with van der Waals surface area (Å²) in [5.74, 6) is 0. The van der Waals surface area contributed by atoms with Gasteiger partial charge in [-0.25, -0.2) is 0 Å². The Labute approximate surface area is 120 Å². The SMILES string of the molecule is CN(C)CC[Se-].CN(C)CC[Se-].[Pb+2]. The predicted molar refractivity (Wildman–Crippen MR) is 64.0 cm³/mol. The molecule has 0 rings (SSSR count). The van der Waals surface area contributed by atoms with E-state index in [0.29, 0.717) is 0 Å². The van der Waals surface area contributed by atoms with Crippen molar-refractivity contribution in [1.29, 1.82) is 0 Å². The van der Waals surface area contributed by atoms with Crippen LogP contribution >= 0.6 is 0 Å². The number of nitrogens with zero attached hydrogens (tertiary/aromatic N) is 2. The van der Waals surface area contributed by atoms with Crippen molar-refractivity contribution in [3.05, 3.63) is 0 Å². The minimum Gasteiger partial charge on any atom is 2.00 e. The van der Waals surface area contributed by atoms with Gasteiger partial charge in [0.05, 0.1) is 0 Å². The molecule has 0 aliphatic rings. The third kappa shape index (κ3) is 31.5. The number of rotatable bonds is 4. The molecule has 0 amide bonds. The molecular weight excluding hydrogens is 489 g/mol. The fourth-order valence-electron chi connectivity index (χ4n) is 0.365. The molecular formula is C8H20N2PbSe2. The van der Waals surface area contributed by atoms with Crippen molar-refractivity contribution in [1.82, 2.24) is 9.80 Å². The van der Waals surface area contributed by atoms with Gasteiger partial charge in [-0.3, -0.25) is 0 Å². The van der Waals surface area contributed by atoms with Crippen LogP contribution in [0.3, 0.4) is 0 Å². The van der Waals surface area contributed by atoms with Crippen molar-refractivity contribution < 1.29 is 0 Å². The van der Waals surface area contributed by atoms with Gasteiger partial charge in [0.15, 0.2) is 0 Å². The van der Waals surface area contributed by atoms with Gasteiger partial charge >= 0.3 is 121 Å². The first-order valence-electron chi connectivity index (χ1n) is 4.00. The zero-order valence-corrected chi connectivity index (χ0v) is 16.4. The van der Waals surface area contributed by atoms with Gasteiger partial charge in [0, 0.05) is 0 Å². The van der Waals surface area contributed by atoms with E-state index in [0.717, 1.165) is 23.7 Å². The summed E-state index contributed by atoms with van der Waals surface area (Å²) < 4.78 is 0. The monoisotopic (exact) mass is 512 g/mol. The van der Waals surface area contributed by atoms with Crippen LogP contribution in [0.2, 0.25) is 10.6 Å². The van der Waals surface area contributed by atoms with Crippen LogP contribution in [-0.4, -0.2) is 110 Å². The Balaban J connectivity index is -0.000000143. The normalized spacial score (nSPS) is 9.23. The van der Waals surface area contributed by atoms with Gasteiger partial charge in [-0.15, -0.1) is 0 Å². The zero-order chi connectivity index (χ0) is 9.98. The quantitative estimate of drug-likeness (QED) is 0.489. The van der Waals surface area contributed by atoms with Gasteiger partial charge in [-0.2, -0.15) is 0 Å². The second-order valence-corrected chi connectivity index (χ2v) is 4.73. The van der Waals surface area contributed by atoms with E-state index < -0.39 is 0 Å². The Morgan fingerprint density at radius 3 is 1.00 bits per heavy atom. The molecule has 5 heteroatoms. The molecule has 13 heavy (non-hydrogen) atoms. The molecule has 0 unspecified atom stereocenters. The average Bonchev–Trinajstić information content (AvgIpc) is 1.87. The summed E-state index contributed by atoms with van der Waals surface area (Å²) >= 11 is 5.86. The van der Waals surface area contributed by atoms with Crippen LogP contribution in [0.15, 0.2) is 0 Å². The maximum absolute atomic E-state index is 2.93. The maximum atomic E-state index is 2.93. The average molecular weight is 509 g/mol. The zero-order valence-electron chi connectivity index (χ0n) is 9.04. The first-order chi connectivity index (χ1) is 5.54. The van der Waals surface area contributed by atoms with E-state index in [-0.39, 0.29) is 27.3 Å². The third-order valence-electron chi connectivity index (χ3n) is 1.08.